The second kappa shape index (κ2) is 8.29. The van der Waals surface area contributed by atoms with Gasteiger partial charge in [0, 0.05) is 41.9 Å². The normalized spacial score (nSPS) is 31.5. The van der Waals surface area contributed by atoms with Crippen molar-refractivity contribution >= 4 is 5.91 Å². The van der Waals surface area contributed by atoms with Crippen molar-refractivity contribution in [1.82, 2.24) is 15.5 Å². The number of carbonyl (C=O) groups is 1. The molecule has 31 heavy (non-hydrogen) atoms. The monoisotopic (exact) mass is 421 g/mol. The molecule has 1 saturated carbocycles. The van der Waals surface area contributed by atoms with Crippen LogP contribution in [0.4, 0.5) is 0 Å². The van der Waals surface area contributed by atoms with Gasteiger partial charge in [-0.1, -0.05) is 51.2 Å². The number of nitrogens with zero attached hydrogens (tertiary/aromatic N) is 1. The second-order valence-corrected chi connectivity index (χ2v) is 9.85. The van der Waals surface area contributed by atoms with Crippen LogP contribution in [-0.4, -0.2) is 48.2 Å². The summed E-state index contributed by atoms with van der Waals surface area (Å²) in [5, 5.41) is 16.7. The molecule has 0 aromatic heterocycles. The molecule has 0 aromatic carbocycles. The van der Waals surface area contributed by atoms with Gasteiger partial charge in [-0.2, -0.15) is 0 Å². The molecule has 4 rings (SSSR count). The first-order chi connectivity index (χ1) is 14.7. The van der Waals surface area contributed by atoms with Crippen molar-refractivity contribution in [3.8, 4) is 0 Å². The number of aliphatic hydroxyl groups excluding tert-OH is 1. The van der Waals surface area contributed by atoms with Crippen LogP contribution in [0.1, 0.15) is 34.1 Å². The van der Waals surface area contributed by atoms with Crippen molar-refractivity contribution in [3.05, 3.63) is 70.6 Å². The first kappa shape index (κ1) is 21.8. The molecule has 1 aliphatic heterocycles. The van der Waals surface area contributed by atoms with E-state index in [4.69, 9.17) is 0 Å². The Morgan fingerprint density at radius 3 is 2.81 bits per heavy atom. The average Bonchev–Trinajstić information content (AvgIpc) is 3.30. The Kier molecular flexibility index (Phi) is 5.84. The third kappa shape index (κ3) is 4.09. The molecule has 4 aliphatic rings. The van der Waals surface area contributed by atoms with Crippen LogP contribution in [0.3, 0.4) is 0 Å². The Hall–Kier alpha value is -2.37. The van der Waals surface area contributed by atoms with Crippen molar-refractivity contribution in [3.63, 3.8) is 0 Å². The van der Waals surface area contributed by atoms with Crippen LogP contribution in [0.5, 0.6) is 0 Å². The minimum Gasteiger partial charge on any atom is -0.387 e. The number of fused-ring (bicyclic) bond motifs is 2. The molecule has 4 atom stereocenters. The minimum atomic E-state index is -0.423. The summed E-state index contributed by atoms with van der Waals surface area (Å²) < 4.78 is 0. The number of rotatable bonds is 6. The number of allylic oxidation sites excluding steroid dienone is 5. The molecule has 166 valence electrons. The fraction of sp³-hybridized carbons (Fsp3) is 0.500. The summed E-state index contributed by atoms with van der Waals surface area (Å²) >= 11 is 0. The summed E-state index contributed by atoms with van der Waals surface area (Å²) in [6.07, 6.45) is 14.5. The average molecular weight is 422 g/mol. The second-order valence-electron chi connectivity index (χ2n) is 9.85. The third-order valence-corrected chi connectivity index (χ3v) is 7.10. The number of nitrogens with one attached hydrogen (secondary N) is 2. The zero-order chi connectivity index (χ0) is 22.3. The molecule has 1 amide bonds. The summed E-state index contributed by atoms with van der Waals surface area (Å²) in [5.41, 5.74) is 4.93. The largest absolute Gasteiger partial charge is 0.387 e. The van der Waals surface area contributed by atoms with E-state index in [1.807, 2.05) is 31.2 Å². The molecule has 0 saturated heterocycles. The molecule has 1 fully saturated rings. The van der Waals surface area contributed by atoms with E-state index in [1.165, 1.54) is 11.3 Å². The Morgan fingerprint density at radius 1 is 1.29 bits per heavy atom. The highest BCUT2D eigenvalue weighted by atomic mass is 16.3. The van der Waals surface area contributed by atoms with Crippen molar-refractivity contribution in [1.29, 1.82) is 0 Å². The molecule has 5 heteroatoms. The number of hydrogen-bond donors (Lipinski definition) is 3. The van der Waals surface area contributed by atoms with Gasteiger partial charge in [-0.3, -0.25) is 4.79 Å². The highest BCUT2D eigenvalue weighted by Crippen LogP contribution is 2.54. The maximum absolute atomic E-state index is 13.0. The molecular formula is C26H35N3O2. The van der Waals surface area contributed by atoms with Crippen molar-refractivity contribution in [2.24, 2.45) is 17.3 Å². The Bertz CT molecular complexity index is 950. The van der Waals surface area contributed by atoms with Crippen molar-refractivity contribution < 1.29 is 9.90 Å². The van der Waals surface area contributed by atoms with Crippen LogP contribution in [0.15, 0.2) is 70.6 Å². The Balaban J connectivity index is 1.43. The molecule has 1 heterocycles. The van der Waals surface area contributed by atoms with Crippen LogP contribution in [0, 0.1) is 17.3 Å². The van der Waals surface area contributed by atoms with Crippen molar-refractivity contribution in [2.75, 3.05) is 20.1 Å². The molecular weight excluding hydrogens is 386 g/mol. The zero-order valence-corrected chi connectivity index (χ0v) is 19.3. The van der Waals surface area contributed by atoms with E-state index in [-0.39, 0.29) is 23.3 Å². The first-order valence-electron chi connectivity index (χ1n) is 11.4. The van der Waals surface area contributed by atoms with E-state index in [1.54, 1.807) is 0 Å². The summed E-state index contributed by atoms with van der Waals surface area (Å²) in [7, 11) is 2.16. The molecule has 0 bridgehead atoms. The van der Waals surface area contributed by atoms with Crippen LogP contribution in [0.25, 0.3) is 0 Å². The lowest BCUT2D eigenvalue weighted by Gasteiger charge is -2.43. The number of hydrogen-bond acceptors (Lipinski definition) is 4. The lowest BCUT2D eigenvalue weighted by atomic mass is 9.82. The van der Waals surface area contributed by atoms with Crippen LogP contribution in [0.2, 0.25) is 0 Å². The van der Waals surface area contributed by atoms with Gasteiger partial charge < -0.3 is 20.6 Å². The van der Waals surface area contributed by atoms with Gasteiger partial charge in [-0.15, -0.1) is 0 Å². The number of carbonyl (C=O) groups excluding carboxylic acids is 1. The molecule has 0 radical (unpaired) electrons. The number of aliphatic hydroxyl groups is 1. The Labute approximate surface area is 186 Å². The summed E-state index contributed by atoms with van der Waals surface area (Å²) in [4.78, 5) is 15.3. The van der Waals surface area contributed by atoms with E-state index in [2.05, 4.69) is 61.6 Å². The first-order valence-corrected chi connectivity index (χ1v) is 11.4. The molecule has 3 N–H and O–H groups in total. The van der Waals surface area contributed by atoms with Gasteiger partial charge in [0.25, 0.3) is 5.91 Å². The van der Waals surface area contributed by atoms with Gasteiger partial charge >= 0.3 is 0 Å². The van der Waals surface area contributed by atoms with Crippen molar-refractivity contribution in [2.45, 2.75) is 46.3 Å². The molecule has 0 spiro atoms. The summed E-state index contributed by atoms with van der Waals surface area (Å²) in [5.74, 6) is 0.711. The molecule has 0 aromatic rings. The minimum absolute atomic E-state index is 0.102. The predicted molar refractivity (Wildman–Crippen MR) is 125 cm³/mol. The van der Waals surface area contributed by atoms with Crippen LogP contribution < -0.4 is 10.6 Å². The lowest BCUT2D eigenvalue weighted by Crippen LogP contribution is -2.46. The number of amides is 1. The van der Waals surface area contributed by atoms with Gasteiger partial charge in [0.15, 0.2) is 0 Å². The SMILES string of the molecule is CC(C)CNCC1=CCC2=CC=C(NC(=O)C3=CC=C4C(O)C4(C)C=C3)C(C)C2N1C. The van der Waals surface area contributed by atoms with E-state index < -0.39 is 6.10 Å². The predicted octanol–water partition coefficient (Wildman–Crippen LogP) is 3.20. The van der Waals surface area contributed by atoms with Gasteiger partial charge in [0.2, 0.25) is 0 Å². The zero-order valence-electron chi connectivity index (χ0n) is 19.3. The quantitative estimate of drug-likeness (QED) is 0.616. The lowest BCUT2D eigenvalue weighted by molar-refractivity contribution is -0.116. The summed E-state index contributed by atoms with van der Waals surface area (Å²) in [6, 6.07) is 0.253. The van der Waals surface area contributed by atoms with Crippen LogP contribution in [-0.2, 0) is 4.79 Å². The fourth-order valence-corrected chi connectivity index (χ4v) is 4.88. The highest BCUT2D eigenvalue weighted by Gasteiger charge is 2.53. The van der Waals surface area contributed by atoms with Gasteiger partial charge in [-0.05, 0) is 49.1 Å². The standard InChI is InChI=1S/C26H35N3O2/c1-16(2)14-27-15-20-9-6-18-8-11-22(17(3)23(18)29(20)5)28-25(31)19-7-10-21-24(30)26(21,4)13-12-19/h7-13,16-17,23-24,27,30H,6,14-15H2,1-5H3,(H,28,31). The van der Waals surface area contributed by atoms with Crippen LogP contribution >= 0.6 is 0 Å². The topological polar surface area (TPSA) is 64.6 Å². The maximum Gasteiger partial charge on any atom is 0.255 e. The van der Waals surface area contributed by atoms with Gasteiger partial charge in [-0.25, -0.2) is 0 Å². The smallest absolute Gasteiger partial charge is 0.255 e. The van der Waals surface area contributed by atoms with E-state index in [0.717, 1.165) is 30.8 Å². The number of likely N-dealkylation sites (N-methyl/N-ethyl adjacent to an activating group) is 1. The van der Waals surface area contributed by atoms with E-state index in [0.29, 0.717) is 11.5 Å². The molecule has 5 nitrogen and oxygen atoms in total. The van der Waals surface area contributed by atoms with Gasteiger partial charge in [0.1, 0.15) is 0 Å². The maximum atomic E-state index is 13.0. The molecule has 4 unspecified atom stereocenters. The highest BCUT2D eigenvalue weighted by molar-refractivity contribution is 5.98. The Morgan fingerprint density at radius 2 is 2.06 bits per heavy atom. The third-order valence-electron chi connectivity index (χ3n) is 7.10. The van der Waals surface area contributed by atoms with Gasteiger partial charge in [0.05, 0.1) is 12.1 Å². The fourth-order valence-electron chi connectivity index (χ4n) is 4.88. The van der Waals surface area contributed by atoms with E-state index >= 15 is 0 Å². The summed E-state index contributed by atoms with van der Waals surface area (Å²) in [6.45, 7) is 10.5. The van der Waals surface area contributed by atoms with E-state index in [9.17, 15) is 9.90 Å². The molecule has 3 aliphatic carbocycles.